The van der Waals surface area contributed by atoms with Gasteiger partial charge in [0, 0.05) is 68.4 Å². The standard InChI is InChI=1S/C63H84N12O11S/c1-41(43-14-16-45(17-15-43)56-42(2)66-40-87-56)67-59(78)54-33-48(76)35-75(54)60(79)57(63(3,4)5)69-55(77)39-84-29-28-82-25-24-81-26-27-83-30-31-85-49-32-47(71(6)36-49)38-86-62-68-52-37-72(53-13-9-11-44-10-7-8-12-50(44)53)21-19-51(52)58(70-62)73-22-23-74(61(65)80)46(34-73)18-20-64/h7-17,40-41,46-49,54,57,76H,18-19,21-39H2,1-6H3,(H2,65,80)(H,67,78)(H,69,77)/t41-,46-,47-,48+,49+,54-,57+/m0/s1. The van der Waals surface area contributed by atoms with Crippen LogP contribution in [0.4, 0.5) is 16.3 Å². The summed E-state index contributed by atoms with van der Waals surface area (Å²) in [6.45, 7) is 15.4. The van der Waals surface area contributed by atoms with E-state index >= 15 is 0 Å². The van der Waals surface area contributed by atoms with Crippen LogP contribution in [0.1, 0.15) is 75.5 Å². The number of aromatic nitrogens is 3. The predicted molar refractivity (Wildman–Crippen MR) is 329 cm³/mol. The van der Waals surface area contributed by atoms with Crippen LogP contribution in [0.2, 0.25) is 0 Å². The van der Waals surface area contributed by atoms with Crippen LogP contribution in [0.15, 0.2) is 72.2 Å². The average Bonchev–Trinajstić information content (AvgIpc) is 2.13. The molecule has 23 nitrogen and oxygen atoms in total. The van der Waals surface area contributed by atoms with Gasteiger partial charge in [0.25, 0.3) is 0 Å². The number of primary amides is 1. The molecule has 468 valence electrons. The van der Waals surface area contributed by atoms with Crippen molar-refractivity contribution < 1.29 is 52.7 Å². The number of nitriles is 1. The molecule has 0 unspecified atom stereocenters. The van der Waals surface area contributed by atoms with Gasteiger partial charge in [0.05, 0.1) is 118 Å². The van der Waals surface area contributed by atoms with Crippen LogP contribution >= 0.6 is 11.3 Å². The van der Waals surface area contributed by atoms with Crippen molar-refractivity contribution in [3.8, 4) is 22.5 Å². The largest absolute Gasteiger partial charge is 0.462 e. The number of benzene rings is 3. The van der Waals surface area contributed by atoms with Crippen molar-refractivity contribution in [2.24, 2.45) is 11.1 Å². The maximum atomic E-state index is 14.1. The second kappa shape index (κ2) is 30.2. The smallest absolute Gasteiger partial charge is 0.318 e. The first-order valence-corrected chi connectivity index (χ1v) is 31.0. The van der Waals surface area contributed by atoms with Crippen molar-refractivity contribution in [1.82, 2.24) is 40.3 Å². The molecule has 5 amide bonds. The lowest BCUT2D eigenvalue weighted by atomic mass is 9.85. The number of aliphatic hydroxyl groups is 1. The van der Waals surface area contributed by atoms with Gasteiger partial charge in [0.15, 0.2) is 0 Å². The number of nitrogens with two attached hydrogens (primary N) is 1. The van der Waals surface area contributed by atoms with Crippen LogP contribution in [-0.2, 0) is 51.0 Å². The summed E-state index contributed by atoms with van der Waals surface area (Å²) in [4.78, 5) is 78.4. The highest BCUT2D eigenvalue weighted by atomic mass is 32.1. The van der Waals surface area contributed by atoms with Crippen LogP contribution < -0.4 is 30.9 Å². The number of β-amino-alcohol motifs (C(OH)–C–C–N with tert-alkyl or cyclic N) is 1. The van der Waals surface area contributed by atoms with Crippen molar-refractivity contribution in [2.75, 3.05) is 122 Å². The van der Waals surface area contributed by atoms with E-state index in [1.54, 1.807) is 16.2 Å². The van der Waals surface area contributed by atoms with Gasteiger partial charge in [-0.15, -0.1) is 11.3 Å². The fourth-order valence-corrected chi connectivity index (χ4v) is 12.7. The molecule has 0 radical (unpaired) electrons. The van der Waals surface area contributed by atoms with Crippen molar-refractivity contribution in [3.63, 3.8) is 0 Å². The van der Waals surface area contributed by atoms with Gasteiger partial charge in [-0.05, 0) is 61.7 Å². The average molecular weight is 1220 g/mol. The van der Waals surface area contributed by atoms with Gasteiger partial charge >= 0.3 is 12.0 Å². The number of ether oxygens (including phenoxy) is 6. The van der Waals surface area contributed by atoms with E-state index in [0.29, 0.717) is 84.9 Å². The number of aliphatic hydroxyl groups excluding tert-OH is 1. The Bertz CT molecular complexity index is 3170. The molecule has 24 heteroatoms. The first-order chi connectivity index (χ1) is 41.9. The second-order valence-electron chi connectivity index (χ2n) is 23.8. The number of urea groups is 1. The van der Waals surface area contributed by atoms with E-state index in [1.807, 2.05) is 64.4 Å². The number of likely N-dealkylation sites (tertiary alicyclic amines) is 2. The number of thiazole rings is 1. The number of hydrogen-bond acceptors (Lipinski definition) is 19. The lowest BCUT2D eigenvalue weighted by Gasteiger charge is -2.41. The third-order valence-corrected chi connectivity index (χ3v) is 17.5. The zero-order valence-corrected chi connectivity index (χ0v) is 51.7. The number of rotatable bonds is 27. The SMILES string of the molecule is Cc1ncsc1-c1ccc([C@H](C)NC(=O)[C@@H]2C[C@@H](O)CN2C(=O)[C@@H](NC(=O)COCCOCCOCCOCCO[C@@H]2C[C@@H](COc3nc4c(c(N5CCN(C(N)=O)[C@@H](CC#N)C5)n3)CCN(c3cccc5ccccc35)C4)N(C)C2)C(C)(C)C)cc1. The molecule has 0 aliphatic carbocycles. The molecule has 5 N–H and O–H groups in total. The van der Waals surface area contributed by atoms with E-state index in [1.165, 1.54) is 15.7 Å². The lowest BCUT2D eigenvalue weighted by Crippen LogP contribution is -2.58. The zero-order chi connectivity index (χ0) is 61.6. The Morgan fingerprint density at radius 2 is 1.54 bits per heavy atom. The fourth-order valence-electron chi connectivity index (χ4n) is 11.9. The molecule has 0 saturated carbocycles. The Morgan fingerprint density at radius 1 is 0.828 bits per heavy atom. The Hall–Kier alpha value is -7.08. The van der Waals surface area contributed by atoms with Crippen LogP contribution in [0.3, 0.4) is 0 Å². The number of hydrogen-bond donors (Lipinski definition) is 4. The quantitative estimate of drug-likeness (QED) is 0.0503. The number of carbonyl (C=O) groups is 4. The maximum absolute atomic E-state index is 14.1. The van der Waals surface area contributed by atoms with Crippen molar-refractivity contribution in [1.29, 1.82) is 5.26 Å². The summed E-state index contributed by atoms with van der Waals surface area (Å²) in [5.41, 5.74) is 12.8. The minimum atomic E-state index is -0.984. The third-order valence-electron chi connectivity index (χ3n) is 16.6. The molecule has 87 heavy (non-hydrogen) atoms. The van der Waals surface area contributed by atoms with Gasteiger partial charge in [-0.3, -0.25) is 19.3 Å². The highest BCUT2D eigenvalue weighted by Crippen LogP contribution is 2.36. The number of nitrogens with zero attached hydrogens (tertiary/aromatic N) is 9. The molecule has 3 saturated heterocycles. The summed E-state index contributed by atoms with van der Waals surface area (Å²) >= 11 is 1.57. The summed E-state index contributed by atoms with van der Waals surface area (Å²) in [5, 5.41) is 28.5. The summed E-state index contributed by atoms with van der Waals surface area (Å²) in [6.07, 6.45) is 0.820. The molecule has 3 aromatic carbocycles. The first-order valence-electron chi connectivity index (χ1n) is 30.1. The molecule has 2 aromatic heterocycles. The summed E-state index contributed by atoms with van der Waals surface area (Å²) < 4.78 is 35.4. The number of aryl methyl sites for hydroxylation is 1. The molecule has 4 aliphatic heterocycles. The van der Waals surface area contributed by atoms with Gasteiger partial charge in [-0.25, -0.2) is 9.78 Å². The van der Waals surface area contributed by atoms with Gasteiger partial charge < -0.3 is 69.5 Å². The van der Waals surface area contributed by atoms with Crippen LogP contribution in [0.5, 0.6) is 6.01 Å². The summed E-state index contributed by atoms with van der Waals surface area (Å²) in [5.74, 6) is -0.547. The Labute approximate surface area is 513 Å². The number of amides is 5. The molecule has 0 spiro atoms. The molecule has 7 atom stereocenters. The number of fused-ring (bicyclic) bond motifs is 2. The van der Waals surface area contributed by atoms with E-state index in [-0.39, 0.29) is 69.3 Å². The third kappa shape index (κ3) is 16.8. The number of carbonyl (C=O) groups excluding carboxylic acids is 4. The molecule has 4 aliphatic rings. The monoisotopic (exact) mass is 1220 g/mol. The molecule has 0 bridgehead atoms. The molecular formula is C63H84N12O11S. The Balaban J connectivity index is 0.641. The number of piperazine rings is 1. The zero-order valence-electron chi connectivity index (χ0n) is 50.9. The normalized spacial score (nSPS) is 20.5. The van der Waals surface area contributed by atoms with Crippen LogP contribution in [-0.4, -0.2) is 207 Å². The Kier molecular flexibility index (Phi) is 22.4. The van der Waals surface area contributed by atoms with Crippen molar-refractivity contribution in [2.45, 2.75) is 109 Å². The van der Waals surface area contributed by atoms with E-state index in [0.717, 1.165) is 64.0 Å². The molecule has 3 fully saturated rings. The van der Waals surface area contributed by atoms with E-state index < -0.39 is 41.4 Å². The molecule has 9 rings (SSSR count). The number of anilines is 2. The topological polar surface area (TPSA) is 273 Å². The number of likely N-dealkylation sites (N-methyl/N-ethyl adjacent to an activating group) is 1. The lowest BCUT2D eigenvalue weighted by molar-refractivity contribution is -0.144. The van der Waals surface area contributed by atoms with Gasteiger partial charge in [-0.2, -0.15) is 15.2 Å². The maximum Gasteiger partial charge on any atom is 0.318 e. The summed E-state index contributed by atoms with van der Waals surface area (Å²) in [6, 6.07) is 22.1. The molecule has 5 aromatic rings. The van der Waals surface area contributed by atoms with E-state index in [2.05, 4.69) is 85.9 Å². The van der Waals surface area contributed by atoms with Crippen molar-refractivity contribution >= 4 is 57.4 Å². The minimum Gasteiger partial charge on any atom is -0.462 e. The van der Waals surface area contributed by atoms with Gasteiger partial charge in [0.2, 0.25) is 17.7 Å². The second-order valence-corrected chi connectivity index (χ2v) is 24.7. The highest BCUT2D eigenvalue weighted by molar-refractivity contribution is 7.13. The summed E-state index contributed by atoms with van der Waals surface area (Å²) in [7, 11) is 2.06. The first kappa shape index (κ1) is 64.4. The highest BCUT2D eigenvalue weighted by Gasteiger charge is 2.45. The van der Waals surface area contributed by atoms with Crippen LogP contribution in [0.25, 0.3) is 21.2 Å². The van der Waals surface area contributed by atoms with Crippen LogP contribution in [0, 0.1) is 23.7 Å². The molecule has 6 heterocycles. The predicted octanol–water partition coefficient (Wildman–Crippen LogP) is 5.01. The van der Waals surface area contributed by atoms with E-state index in [4.69, 9.17) is 44.1 Å². The number of nitrogens with one attached hydrogen (secondary N) is 2. The molecular weight excluding hydrogens is 1130 g/mol. The van der Waals surface area contributed by atoms with E-state index in [9.17, 15) is 29.5 Å². The fraction of sp³-hybridized carbons (Fsp3) is 0.556. The Morgan fingerprint density at radius 3 is 2.24 bits per heavy atom. The van der Waals surface area contributed by atoms with Gasteiger partial charge in [-0.1, -0.05) is 81.4 Å². The van der Waals surface area contributed by atoms with Gasteiger partial charge in [0.1, 0.15) is 31.1 Å². The van der Waals surface area contributed by atoms with Crippen molar-refractivity contribution in [3.05, 3.63) is 94.8 Å². The minimum absolute atomic E-state index is 0.00769.